The quantitative estimate of drug-likeness (QED) is 0.523. The van der Waals surface area contributed by atoms with Gasteiger partial charge in [0.25, 0.3) is 15.8 Å². The van der Waals surface area contributed by atoms with Crippen molar-refractivity contribution in [3.8, 4) is 22.6 Å². The smallest absolute Gasteiger partial charge is 0.385 e. The molecule has 2 aromatic carbocycles. The van der Waals surface area contributed by atoms with Crippen LogP contribution in [0.15, 0.2) is 47.4 Å². The molecule has 30 heavy (non-hydrogen) atoms. The number of methoxy groups -OCH3 is 1. The van der Waals surface area contributed by atoms with Crippen LogP contribution in [0.25, 0.3) is 11.1 Å². The van der Waals surface area contributed by atoms with Gasteiger partial charge in [-0.3, -0.25) is 4.55 Å². The summed E-state index contributed by atoms with van der Waals surface area (Å²) in [6.45, 7) is -0.0208. The highest BCUT2D eigenvalue weighted by Crippen LogP contribution is 2.67. The Kier molecular flexibility index (Phi) is 4.82. The lowest BCUT2D eigenvalue weighted by molar-refractivity contribution is -0.480. The highest BCUT2D eigenvalue weighted by molar-refractivity contribution is 7.86. The molecule has 0 saturated heterocycles. The van der Waals surface area contributed by atoms with Crippen molar-refractivity contribution >= 4 is 10.1 Å². The van der Waals surface area contributed by atoms with Crippen LogP contribution >= 0.6 is 0 Å². The minimum absolute atomic E-state index is 0.0208. The fourth-order valence-corrected chi connectivity index (χ4v) is 3.71. The molecule has 1 aliphatic rings. The first kappa shape index (κ1) is 22.2. The van der Waals surface area contributed by atoms with E-state index >= 15 is 0 Å². The molecular weight excluding hydrogens is 442 g/mol. The Labute approximate surface area is 167 Å². The van der Waals surface area contributed by atoms with E-state index in [0.29, 0.717) is 0 Å². The van der Waals surface area contributed by atoms with Gasteiger partial charge >= 0.3 is 17.7 Å². The van der Waals surface area contributed by atoms with E-state index in [2.05, 4.69) is 4.74 Å². The summed E-state index contributed by atoms with van der Waals surface area (Å²) in [7, 11) is -3.45. The molecule has 1 N–H and O–H groups in total. The molecule has 1 fully saturated rings. The van der Waals surface area contributed by atoms with Crippen molar-refractivity contribution in [2.45, 2.75) is 35.2 Å². The lowest BCUT2D eigenvalue weighted by atomic mass is 9.69. The summed E-state index contributed by atoms with van der Waals surface area (Å²) in [4.78, 5) is -0.546. The summed E-state index contributed by atoms with van der Waals surface area (Å²) < 4.78 is 123. The van der Waals surface area contributed by atoms with Crippen molar-refractivity contribution in [2.24, 2.45) is 0 Å². The molecule has 3 rings (SSSR count). The average molecular weight is 456 g/mol. The van der Waals surface area contributed by atoms with Crippen LogP contribution in [0.4, 0.5) is 26.3 Å². The van der Waals surface area contributed by atoms with Gasteiger partial charge in [0.1, 0.15) is 16.4 Å². The molecule has 0 spiro atoms. The van der Waals surface area contributed by atoms with Crippen molar-refractivity contribution in [3.63, 3.8) is 0 Å². The molecule has 0 heterocycles. The van der Waals surface area contributed by atoms with E-state index in [9.17, 15) is 39.3 Å². The fraction of sp³-hybridized carbons (Fsp3) is 0.333. The Morgan fingerprint density at radius 1 is 0.867 bits per heavy atom. The summed E-state index contributed by atoms with van der Waals surface area (Å²) in [6, 6.07) is 7.86. The standard InChI is InChI=1S/C18H14F6O5S/c1-15(19)16(20,21)17(22,23)18(15,24)29-12-6-3-10(4-7-12)11-5-8-13(28-2)14(9-11)30(25,26)27/h3-9H,1-2H3,(H,25,26,27). The van der Waals surface area contributed by atoms with Gasteiger partial charge in [-0.1, -0.05) is 18.2 Å². The number of hydrogen-bond donors (Lipinski definition) is 1. The number of alkyl halides is 6. The first-order valence-electron chi connectivity index (χ1n) is 8.18. The zero-order valence-electron chi connectivity index (χ0n) is 15.3. The molecular formula is C18H14F6O5S. The molecule has 1 saturated carbocycles. The van der Waals surface area contributed by atoms with Gasteiger partial charge in [0.15, 0.2) is 0 Å². The van der Waals surface area contributed by atoms with Crippen molar-refractivity contribution in [3.05, 3.63) is 42.5 Å². The van der Waals surface area contributed by atoms with Crippen molar-refractivity contribution < 1.29 is 48.8 Å². The van der Waals surface area contributed by atoms with Gasteiger partial charge in [0.05, 0.1) is 7.11 Å². The Balaban J connectivity index is 1.92. The van der Waals surface area contributed by atoms with Crippen molar-refractivity contribution in [1.82, 2.24) is 0 Å². The minimum Gasteiger partial charge on any atom is -0.495 e. The highest BCUT2D eigenvalue weighted by atomic mass is 32.2. The molecule has 1 aliphatic carbocycles. The van der Waals surface area contributed by atoms with Crippen LogP contribution in [-0.2, 0) is 10.1 Å². The summed E-state index contributed by atoms with van der Waals surface area (Å²) in [6.07, 6.45) is 0. The Morgan fingerprint density at radius 3 is 1.87 bits per heavy atom. The first-order chi connectivity index (χ1) is 13.6. The molecule has 0 bridgehead atoms. The predicted octanol–water partition coefficient (Wildman–Crippen LogP) is 4.67. The second-order valence-electron chi connectivity index (χ2n) is 6.71. The summed E-state index contributed by atoms with van der Waals surface area (Å²) in [5, 5.41) is 0. The third-order valence-corrected chi connectivity index (χ3v) is 5.75. The molecule has 0 amide bonds. The fourth-order valence-electron chi connectivity index (χ4n) is 3.03. The maximum atomic E-state index is 14.4. The van der Waals surface area contributed by atoms with Gasteiger partial charge in [0, 0.05) is 0 Å². The summed E-state index contributed by atoms with van der Waals surface area (Å²) >= 11 is 0. The molecule has 12 heteroatoms. The average Bonchev–Trinajstić information content (AvgIpc) is 2.66. The first-order valence-corrected chi connectivity index (χ1v) is 9.62. The van der Waals surface area contributed by atoms with Crippen molar-refractivity contribution in [2.75, 3.05) is 7.11 Å². The van der Waals surface area contributed by atoms with Gasteiger partial charge in [-0.05, 0) is 42.3 Å². The molecule has 0 radical (unpaired) electrons. The number of benzene rings is 2. The molecule has 0 aliphatic heterocycles. The second kappa shape index (κ2) is 6.51. The van der Waals surface area contributed by atoms with Gasteiger partial charge in [-0.25, -0.2) is 4.39 Å². The van der Waals surface area contributed by atoms with E-state index in [1.165, 1.54) is 31.4 Å². The molecule has 2 aromatic rings. The predicted molar refractivity (Wildman–Crippen MR) is 92.1 cm³/mol. The topological polar surface area (TPSA) is 72.8 Å². The van der Waals surface area contributed by atoms with Crippen LogP contribution in [0.1, 0.15) is 6.92 Å². The summed E-state index contributed by atoms with van der Waals surface area (Å²) in [5.74, 6) is -16.1. The Morgan fingerprint density at radius 2 is 1.40 bits per heavy atom. The molecule has 2 atom stereocenters. The third-order valence-electron chi connectivity index (χ3n) is 4.88. The SMILES string of the molecule is COc1ccc(-c2ccc(OC3(F)C(C)(F)C(F)(F)C3(F)F)cc2)cc1S(=O)(=O)O. The van der Waals surface area contributed by atoms with Gasteiger partial charge < -0.3 is 9.47 Å². The van der Waals surface area contributed by atoms with Crippen LogP contribution in [0, 0.1) is 0 Å². The lowest BCUT2D eigenvalue weighted by Gasteiger charge is -2.55. The molecule has 5 nitrogen and oxygen atoms in total. The van der Waals surface area contributed by atoms with Crippen molar-refractivity contribution in [1.29, 1.82) is 0 Å². The Hall–Kier alpha value is -2.47. The van der Waals surface area contributed by atoms with E-state index in [4.69, 9.17) is 4.74 Å². The van der Waals surface area contributed by atoms with Crippen LogP contribution in [0.5, 0.6) is 11.5 Å². The zero-order valence-corrected chi connectivity index (χ0v) is 16.1. The van der Waals surface area contributed by atoms with E-state index in [1.807, 2.05) is 0 Å². The largest absolute Gasteiger partial charge is 0.495 e. The second-order valence-corrected chi connectivity index (χ2v) is 8.10. The van der Waals surface area contributed by atoms with Crippen LogP contribution in [0.2, 0.25) is 0 Å². The molecule has 0 aromatic heterocycles. The van der Waals surface area contributed by atoms with Gasteiger partial charge in [-0.2, -0.15) is 30.4 Å². The number of rotatable bonds is 5. The van der Waals surface area contributed by atoms with Gasteiger partial charge in [0.2, 0.25) is 0 Å². The van der Waals surface area contributed by atoms with E-state index in [-0.39, 0.29) is 23.8 Å². The summed E-state index contributed by atoms with van der Waals surface area (Å²) in [5.41, 5.74) is -3.79. The maximum absolute atomic E-state index is 14.4. The maximum Gasteiger partial charge on any atom is 0.385 e. The monoisotopic (exact) mass is 456 g/mol. The van der Waals surface area contributed by atoms with Crippen LogP contribution < -0.4 is 9.47 Å². The van der Waals surface area contributed by atoms with Crippen LogP contribution in [-0.4, -0.2) is 43.4 Å². The third kappa shape index (κ3) is 2.84. The van der Waals surface area contributed by atoms with E-state index in [0.717, 1.165) is 18.2 Å². The molecule has 2 unspecified atom stereocenters. The number of halogens is 6. The van der Waals surface area contributed by atoms with E-state index in [1.54, 1.807) is 0 Å². The molecule has 164 valence electrons. The highest BCUT2D eigenvalue weighted by Gasteiger charge is 2.98. The number of hydrogen-bond acceptors (Lipinski definition) is 4. The normalized spacial score (nSPS) is 27.2. The van der Waals surface area contributed by atoms with E-state index < -0.39 is 44.1 Å². The minimum atomic E-state index is -5.40. The van der Waals surface area contributed by atoms with Gasteiger partial charge in [-0.15, -0.1) is 0 Å². The Bertz CT molecular complexity index is 1060. The number of ether oxygens (including phenoxy) is 2. The lowest BCUT2D eigenvalue weighted by Crippen LogP contribution is -2.86. The van der Waals surface area contributed by atoms with Crippen LogP contribution in [0.3, 0.4) is 0 Å². The zero-order chi connectivity index (χ0) is 22.8.